The van der Waals surface area contributed by atoms with Crippen LogP contribution in [0.25, 0.3) is 0 Å². The molecule has 0 bridgehead atoms. The molecule has 0 aliphatic carbocycles. The summed E-state index contributed by atoms with van der Waals surface area (Å²) in [5.74, 6) is 1.31. The van der Waals surface area contributed by atoms with Crippen molar-refractivity contribution in [3.05, 3.63) is 23.9 Å². The molecular formula is C16H26N4O. The van der Waals surface area contributed by atoms with Gasteiger partial charge in [-0.25, -0.2) is 9.98 Å². The minimum Gasteiger partial charge on any atom is -0.477 e. The average molecular weight is 290 g/mol. The summed E-state index contributed by atoms with van der Waals surface area (Å²) in [6, 6.07) is 3.91. The normalized spacial score (nSPS) is 16.6. The number of hydrogen-bond acceptors (Lipinski definition) is 3. The van der Waals surface area contributed by atoms with Gasteiger partial charge in [0.05, 0.1) is 13.2 Å². The number of hydrogen-bond donors (Lipinski definition) is 1. The van der Waals surface area contributed by atoms with Gasteiger partial charge in [-0.3, -0.25) is 0 Å². The van der Waals surface area contributed by atoms with Crippen molar-refractivity contribution in [2.45, 2.75) is 45.6 Å². The summed E-state index contributed by atoms with van der Waals surface area (Å²) in [5.41, 5.74) is 7.12. The number of aromatic nitrogens is 1. The summed E-state index contributed by atoms with van der Waals surface area (Å²) in [6.45, 7) is 5.31. The molecule has 1 aromatic heterocycles. The molecule has 0 saturated carbocycles. The van der Waals surface area contributed by atoms with E-state index >= 15 is 0 Å². The van der Waals surface area contributed by atoms with E-state index < -0.39 is 0 Å². The minimum absolute atomic E-state index is 0.523. The lowest BCUT2D eigenvalue weighted by molar-refractivity contribution is 0.302. The van der Waals surface area contributed by atoms with Crippen LogP contribution in [0.15, 0.2) is 23.3 Å². The maximum absolute atomic E-state index is 6.13. The van der Waals surface area contributed by atoms with Gasteiger partial charge < -0.3 is 15.4 Å². The maximum atomic E-state index is 6.13. The summed E-state index contributed by atoms with van der Waals surface area (Å²) in [7, 11) is 0. The van der Waals surface area contributed by atoms with Gasteiger partial charge in [-0.1, -0.05) is 25.8 Å². The largest absolute Gasteiger partial charge is 0.477 e. The van der Waals surface area contributed by atoms with E-state index in [9.17, 15) is 0 Å². The van der Waals surface area contributed by atoms with E-state index in [0.29, 0.717) is 25.0 Å². The second kappa shape index (κ2) is 8.49. The molecular weight excluding hydrogens is 264 g/mol. The van der Waals surface area contributed by atoms with Crippen LogP contribution in [0.5, 0.6) is 5.88 Å². The molecule has 2 rings (SSSR count). The van der Waals surface area contributed by atoms with Crippen molar-refractivity contribution in [2.24, 2.45) is 10.7 Å². The highest BCUT2D eigenvalue weighted by atomic mass is 16.5. The van der Waals surface area contributed by atoms with E-state index in [1.807, 2.05) is 12.1 Å². The van der Waals surface area contributed by atoms with Crippen LogP contribution >= 0.6 is 0 Å². The van der Waals surface area contributed by atoms with Crippen molar-refractivity contribution < 1.29 is 4.74 Å². The Balaban J connectivity index is 1.98. The minimum atomic E-state index is 0.523. The van der Waals surface area contributed by atoms with Crippen molar-refractivity contribution in [1.82, 2.24) is 9.88 Å². The molecule has 1 aliphatic heterocycles. The zero-order valence-electron chi connectivity index (χ0n) is 12.9. The number of nitrogens with zero attached hydrogens (tertiary/aromatic N) is 3. The summed E-state index contributed by atoms with van der Waals surface area (Å²) >= 11 is 0. The Morgan fingerprint density at radius 3 is 2.81 bits per heavy atom. The molecule has 2 heterocycles. The van der Waals surface area contributed by atoms with Crippen LogP contribution in [0, 0.1) is 0 Å². The SMILES string of the molecule is CCCOc1ncccc1CN=C(N)N1CCCCCC1. The maximum Gasteiger partial charge on any atom is 0.218 e. The van der Waals surface area contributed by atoms with Crippen molar-refractivity contribution in [1.29, 1.82) is 0 Å². The molecule has 116 valence electrons. The zero-order valence-corrected chi connectivity index (χ0v) is 12.9. The summed E-state index contributed by atoms with van der Waals surface area (Å²) in [5, 5.41) is 0. The number of guanidine groups is 1. The first-order chi connectivity index (χ1) is 10.3. The van der Waals surface area contributed by atoms with Crippen LogP contribution in [-0.2, 0) is 6.54 Å². The number of aliphatic imine (C=N–C) groups is 1. The zero-order chi connectivity index (χ0) is 14.9. The molecule has 5 nitrogen and oxygen atoms in total. The van der Waals surface area contributed by atoms with Crippen molar-refractivity contribution in [2.75, 3.05) is 19.7 Å². The van der Waals surface area contributed by atoms with Gasteiger partial charge >= 0.3 is 0 Å². The lowest BCUT2D eigenvalue weighted by atomic mass is 10.2. The Kier molecular flexibility index (Phi) is 6.31. The smallest absolute Gasteiger partial charge is 0.218 e. The Morgan fingerprint density at radius 2 is 2.10 bits per heavy atom. The molecule has 0 spiro atoms. The number of pyridine rings is 1. The lowest BCUT2D eigenvalue weighted by Gasteiger charge is -2.21. The summed E-state index contributed by atoms with van der Waals surface area (Å²) in [6.07, 6.45) is 7.70. The highest BCUT2D eigenvalue weighted by Crippen LogP contribution is 2.16. The van der Waals surface area contributed by atoms with E-state index in [1.165, 1.54) is 25.7 Å². The predicted octanol–water partition coefficient (Wildman–Crippen LogP) is 2.56. The van der Waals surface area contributed by atoms with Gasteiger partial charge in [-0.05, 0) is 25.3 Å². The fourth-order valence-electron chi connectivity index (χ4n) is 2.44. The number of likely N-dealkylation sites (tertiary alicyclic amines) is 1. The standard InChI is InChI=1S/C16H26N4O/c1-2-12-21-15-14(8-7-9-18-15)13-19-16(17)20-10-5-3-4-6-11-20/h7-9H,2-6,10-13H2,1H3,(H2,17,19). The topological polar surface area (TPSA) is 63.7 Å². The third-order valence-corrected chi connectivity index (χ3v) is 3.63. The van der Waals surface area contributed by atoms with Crippen LogP contribution in [0.1, 0.15) is 44.6 Å². The highest BCUT2D eigenvalue weighted by Gasteiger charge is 2.11. The van der Waals surface area contributed by atoms with Crippen LogP contribution in [0.2, 0.25) is 0 Å². The van der Waals surface area contributed by atoms with Crippen LogP contribution in [0.3, 0.4) is 0 Å². The molecule has 0 aromatic carbocycles. The Morgan fingerprint density at radius 1 is 1.33 bits per heavy atom. The Bertz CT molecular complexity index is 453. The Labute approximate surface area is 127 Å². The quantitative estimate of drug-likeness (QED) is 0.668. The third-order valence-electron chi connectivity index (χ3n) is 3.63. The van der Waals surface area contributed by atoms with Crippen molar-refractivity contribution >= 4 is 5.96 Å². The molecule has 0 radical (unpaired) electrons. The second-order valence-electron chi connectivity index (χ2n) is 5.39. The van der Waals surface area contributed by atoms with Gasteiger partial charge in [-0.2, -0.15) is 0 Å². The van der Waals surface area contributed by atoms with Gasteiger partial charge in [-0.15, -0.1) is 0 Å². The average Bonchev–Trinajstić information content (AvgIpc) is 2.80. The monoisotopic (exact) mass is 290 g/mol. The van der Waals surface area contributed by atoms with E-state index in [4.69, 9.17) is 10.5 Å². The second-order valence-corrected chi connectivity index (χ2v) is 5.39. The highest BCUT2D eigenvalue weighted by molar-refractivity contribution is 5.78. The van der Waals surface area contributed by atoms with Gasteiger partial charge in [0.1, 0.15) is 0 Å². The molecule has 1 aliphatic rings. The molecule has 0 atom stereocenters. The van der Waals surface area contributed by atoms with E-state index in [-0.39, 0.29) is 0 Å². The molecule has 0 unspecified atom stereocenters. The van der Waals surface area contributed by atoms with E-state index in [2.05, 4.69) is 21.8 Å². The number of ether oxygens (including phenoxy) is 1. The first-order valence-electron chi connectivity index (χ1n) is 7.93. The molecule has 2 N–H and O–H groups in total. The van der Waals surface area contributed by atoms with Gasteiger partial charge in [0.2, 0.25) is 5.88 Å². The molecule has 1 aromatic rings. The molecule has 21 heavy (non-hydrogen) atoms. The number of nitrogens with two attached hydrogens (primary N) is 1. The predicted molar refractivity (Wildman–Crippen MR) is 85.4 cm³/mol. The molecule has 0 amide bonds. The van der Waals surface area contributed by atoms with Crippen molar-refractivity contribution in [3.63, 3.8) is 0 Å². The first kappa shape index (κ1) is 15.6. The molecule has 1 fully saturated rings. The fraction of sp³-hybridized carbons (Fsp3) is 0.625. The molecule has 5 heteroatoms. The summed E-state index contributed by atoms with van der Waals surface area (Å²) in [4.78, 5) is 11.0. The first-order valence-corrected chi connectivity index (χ1v) is 7.93. The van der Waals surface area contributed by atoms with Crippen molar-refractivity contribution in [3.8, 4) is 5.88 Å². The van der Waals surface area contributed by atoms with Crippen LogP contribution in [-0.4, -0.2) is 35.5 Å². The fourth-order valence-corrected chi connectivity index (χ4v) is 2.44. The Hall–Kier alpha value is -1.78. The molecule has 1 saturated heterocycles. The van der Waals surface area contributed by atoms with Gasteiger partial charge in [0, 0.05) is 24.8 Å². The third kappa shape index (κ3) is 4.92. The van der Waals surface area contributed by atoms with Crippen LogP contribution in [0.4, 0.5) is 0 Å². The van der Waals surface area contributed by atoms with Gasteiger partial charge in [0.25, 0.3) is 0 Å². The number of rotatable bonds is 5. The van der Waals surface area contributed by atoms with Crippen LogP contribution < -0.4 is 10.5 Å². The summed E-state index contributed by atoms with van der Waals surface area (Å²) < 4.78 is 5.65. The van der Waals surface area contributed by atoms with Gasteiger partial charge in [0.15, 0.2) is 5.96 Å². The van der Waals surface area contributed by atoms with E-state index in [0.717, 1.165) is 25.1 Å². The van der Waals surface area contributed by atoms with E-state index in [1.54, 1.807) is 6.20 Å². The lowest BCUT2D eigenvalue weighted by Crippen LogP contribution is -2.38.